The summed E-state index contributed by atoms with van der Waals surface area (Å²) in [6.07, 6.45) is 13.6. The zero-order valence-electron chi connectivity index (χ0n) is 21.8. The van der Waals surface area contributed by atoms with Gasteiger partial charge in [0.2, 0.25) is 0 Å². The lowest BCUT2D eigenvalue weighted by molar-refractivity contribution is 0.256. The minimum Gasteiger partial charge on any atom is -0.508 e. The van der Waals surface area contributed by atoms with E-state index in [9.17, 15) is 5.11 Å². The number of benzene rings is 1. The number of phenols is 1. The van der Waals surface area contributed by atoms with Gasteiger partial charge >= 0.3 is 0 Å². The second-order valence-electron chi connectivity index (χ2n) is 12.1. The van der Waals surface area contributed by atoms with Gasteiger partial charge in [-0.1, -0.05) is 115 Å². The van der Waals surface area contributed by atoms with Crippen molar-refractivity contribution in [1.29, 1.82) is 0 Å². The standard InChI is InChI=1S/C26H52O2Si3/c1-8-9-10-11-12-13-14-15-16-17-26(28-25-20-18-24(27)19-21-25)29(22-30(2,3)4)23-31(5,6)7/h18-21,26-27,29H,8-17,22-23H2,1-7H3. The lowest BCUT2D eigenvalue weighted by Gasteiger charge is -2.34. The molecule has 0 saturated heterocycles. The molecule has 2 nitrogen and oxygen atoms in total. The number of rotatable bonds is 17. The van der Waals surface area contributed by atoms with Crippen molar-refractivity contribution < 1.29 is 9.84 Å². The van der Waals surface area contributed by atoms with Gasteiger partial charge in [-0.25, -0.2) is 0 Å². The first-order valence-corrected chi connectivity index (χ1v) is 22.7. The summed E-state index contributed by atoms with van der Waals surface area (Å²) < 4.78 is 6.69. The number of ether oxygens (including phenoxy) is 1. The normalized spacial score (nSPS) is 13.5. The molecule has 0 bridgehead atoms. The predicted octanol–water partition coefficient (Wildman–Crippen LogP) is 8.58. The Labute approximate surface area is 197 Å². The molecule has 180 valence electrons. The first-order valence-electron chi connectivity index (χ1n) is 13.0. The Morgan fingerprint density at radius 2 is 1.19 bits per heavy atom. The molecule has 0 spiro atoms. The van der Waals surface area contributed by atoms with E-state index >= 15 is 0 Å². The van der Waals surface area contributed by atoms with E-state index in [0.29, 0.717) is 11.5 Å². The molecule has 1 atom stereocenters. The van der Waals surface area contributed by atoms with E-state index in [1.165, 1.54) is 75.5 Å². The van der Waals surface area contributed by atoms with Gasteiger partial charge in [-0.2, -0.15) is 0 Å². The summed E-state index contributed by atoms with van der Waals surface area (Å²) in [6, 6.07) is 7.43. The fourth-order valence-corrected chi connectivity index (χ4v) is 22.3. The van der Waals surface area contributed by atoms with Gasteiger partial charge in [0, 0.05) is 16.1 Å². The first kappa shape index (κ1) is 28.5. The minimum atomic E-state index is -1.12. The van der Waals surface area contributed by atoms with Crippen LogP contribution in [0.1, 0.15) is 71.1 Å². The molecule has 1 aromatic rings. The molecular weight excluding hydrogens is 429 g/mol. The summed E-state index contributed by atoms with van der Waals surface area (Å²) >= 11 is 0. The van der Waals surface area contributed by atoms with Crippen molar-refractivity contribution in [2.75, 3.05) is 0 Å². The van der Waals surface area contributed by atoms with Gasteiger partial charge in [-0.3, -0.25) is 0 Å². The molecule has 0 saturated carbocycles. The fraction of sp³-hybridized carbons (Fsp3) is 0.769. The van der Waals surface area contributed by atoms with Crippen LogP contribution >= 0.6 is 0 Å². The Hall–Kier alpha value is -0.529. The minimum absolute atomic E-state index is 0.320. The van der Waals surface area contributed by atoms with Crippen molar-refractivity contribution in [2.24, 2.45) is 0 Å². The number of aromatic hydroxyl groups is 1. The summed E-state index contributed by atoms with van der Waals surface area (Å²) in [5.74, 6) is 1.27. The highest BCUT2D eigenvalue weighted by Crippen LogP contribution is 2.28. The molecule has 31 heavy (non-hydrogen) atoms. The molecule has 0 amide bonds. The number of hydrogen-bond donors (Lipinski definition) is 1. The van der Waals surface area contributed by atoms with Crippen molar-refractivity contribution in [3.05, 3.63) is 24.3 Å². The molecule has 1 unspecified atom stereocenters. The molecule has 1 aromatic carbocycles. The van der Waals surface area contributed by atoms with Crippen LogP contribution in [0.25, 0.3) is 0 Å². The van der Waals surface area contributed by atoms with Crippen molar-refractivity contribution in [2.45, 2.75) is 127 Å². The maximum Gasteiger partial charge on any atom is 0.119 e. The van der Waals surface area contributed by atoms with Crippen LogP contribution in [0.4, 0.5) is 0 Å². The monoisotopic (exact) mass is 480 g/mol. The third kappa shape index (κ3) is 15.0. The highest BCUT2D eigenvalue weighted by Gasteiger charge is 2.33. The van der Waals surface area contributed by atoms with E-state index in [4.69, 9.17) is 4.74 Å². The van der Waals surface area contributed by atoms with Crippen LogP contribution in [-0.2, 0) is 0 Å². The van der Waals surface area contributed by atoms with Crippen LogP contribution in [0.5, 0.6) is 11.5 Å². The zero-order chi connectivity index (χ0) is 23.3. The van der Waals surface area contributed by atoms with Gasteiger partial charge < -0.3 is 9.84 Å². The summed E-state index contributed by atoms with van der Waals surface area (Å²) in [5, 5.41) is 9.66. The molecule has 1 rings (SSSR count). The molecule has 0 aromatic heterocycles. The Bertz CT molecular complexity index is 560. The van der Waals surface area contributed by atoms with Gasteiger partial charge in [0.25, 0.3) is 0 Å². The summed E-state index contributed by atoms with van der Waals surface area (Å²) in [6.45, 7) is 17.5. The van der Waals surface area contributed by atoms with Gasteiger partial charge in [0.05, 0.1) is 14.5 Å². The first-order chi connectivity index (χ1) is 14.5. The molecular formula is C26H52O2Si3. The van der Waals surface area contributed by atoms with Crippen LogP contribution in [0.15, 0.2) is 24.3 Å². The molecule has 0 aliphatic carbocycles. The molecule has 0 fully saturated rings. The quantitative estimate of drug-likeness (QED) is 0.179. The average molecular weight is 481 g/mol. The third-order valence-corrected chi connectivity index (χ3v) is 21.5. The maximum absolute atomic E-state index is 9.66. The van der Waals surface area contributed by atoms with Gasteiger partial charge in [-0.05, 0) is 30.7 Å². The van der Waals surface area contributed by atoms with E-state index < -0.39 is 24.9 Å². The largest absolute Gasteiger partial charge is 0.508 e. The van der Waals surface area contributed by atoms with Crippen molar-refractivity contribution in [3.8, 4) is 11.5 Å². The summed E-state index contributed by atoms with van der Waals surface area (Å²) in [5.41, 5.74) is 3.40. The van der Waals surface area contributed by atoms with E-state index in [1.807, 2.05) is 12.1 Å². The van der Waals surface area contributed by atoms with Crippen LogP contribution < -0.4 is 4.74 Å². The topological polar surface area (TPSA) is 29.5 Å². The Kier molecular flexibility index (Phi) is 13.4. The molecule has 0 aliphatic rings. The number of hydrogen-bond acceptors (Lipinski definition) is 2. The van der Waals surface area contributed by atoms with E-state index in [1.54, 1.807) is 12.1 Å². The smallest absolute Gasteiger partial charge is 0.119 e. The molecule has 5 heteroatoms. The molecule has 0 radical (unpaired) electrons. The van der Waals surface area contributed by atoms with Gasteiger partial charge in [0.15, 0.2) is 0 Å². The van der Waals surface area contributed by atoms with Crippen LogP contribution in [0.3, 0.4) is 0 Å². The molecule has 1 N–H and O–H groups in total. The summed E-state index contributed by atoms with van der Waals surface area (Å²) in [4.78, 5) is 0. The second kappa shape index (κ2) is 14.6. The highest BCUT2D eigenvalue weighted by atomic mass is 28.4. The van der Waals surface area contributed by atoms with Crippen LogP contribution in [-0.4, -0.2) is 35.8 Å². The Morgan fingerprint density at radius 3 is 1.65 bits per heavy atom. The van der Waals surface area contributed by atoms with Crippen molar-refractivity contribution >= 4 is 24.9 Å². The zero-order valence-corrected chi connectivity index (χ0v) is 25.0. The van der Waals surface area contributed by atoms with Crippen LogP contribution in [0.2, 0.25) is 50.6 Å². The predicted molar refractivity (Wildman–Crippen MR) is 148 cm³/mol. The highest BCUT2D eigenvalue weighted by molar-refractivity contribution is 6.95. The van der Waals surface area contributed by atoms with Crippen molar-refractivity contribution in [1.82, 2.24) is 0 Å². The lowest BCUT2D eigenvalue weighted by Crippen LogP contribution is -2.46. The average Bonchev–Trinajstić information content (AvgIpc) is 2.64. The third-order valence-electron chi connectivity index (χ3n) is 5.99. The number of unbranched alkanes of at least 4 members (excludes halogenated alkanes) is 8. The number of phenolic OH excluding ortho intramolecular Hbond substituents is 1. The van der Waals surface area contributed by atoms with E-state index in [-0.39, 0.29) is 0 Å². The fourth-order valence-electron chi connectivity index (χ4n) is 4.65. The Morgan fingerprint density at radius 1 is 0.742 bits per heavy atom. The van der Waals surface area contributed by atoms with E-state index in [2.05, 4.69) is 46.2 Å². The second-order valence-corrected chi connectivity index (χ2v) is 27.8. The van der Waals surface area contributed by atoms with Gasteiger partial charge in [-0.15, -0.1) is 0 Å². The van der Waals surface area contributed by atoms with Crippen molar-refractivity contribution in [3.63, 3.8) is 0 Å². The maximum atomic E-state index is 9.66. The SMILES string of the molecule is CCCCCCCCCCCC(Oc1ccc(O)cc1)[SiH](C[Si](C)(C)C)C[Si](C)(C)C. The molecule has 0 aliphatic heterocycles. The van der Waals surface area contributed by atoms with E-state index in [0.717, 1.165) is 5.75 Å². The Balaban J connectivity index is 2.70. The summed E-state index contributed by atoms with van der Waals surface area (Å²) in [7, 11) is -3.26. The van der Waals surface area contributed by atoms with Gasteiger partial charge in [0.1, 0.15) is 11.5 Å². The lowest BCUT2D eigenvalue weighted by atomic mass is 10.1. The van der Waals surface area contributed by atoms with Crippen LogP contribution in [0, 0.1) is 0 Å². The molecule has 0 heterocycles.